The highest BCUT2D eigenvalue weighted by Crippen LogP contribution is 2.61. The van der Waals surface area contributed by atoms with E-state index < -0.39 is 24.5 Å². The summed E-state index contributed by atoms with van der Waals surface area (Å²) in [5.74, 6) is -2.37. The molecule has 41 heavy (non-hydrogen) atoms. The summed E-state index contributed by atoms with van der Waals surface area (Å²) >= 11 is 0. The molecular formula is C32H28N2O7. The second-order valence-electron chi connectivity index (χ2n) is 10.7. The summed E-state index contributed by atoms with van der Waals surface area (Å²) in [6.45, 7) is -0.544. The van der Waals surface area contributed by atoms with E-state index >= 15 is 0 Å². The zero-order valence-corrected chi connectivity index (χ0v) is 22.3. The third-order valence-corrected chi connectivity index (χ3v) is 8.51. The lowest BCUT2D eigenvalue weighted by molar-refractivity contribution is -0.123. The maximum Gasteiger partial charge on any atom is 0.338 e. The lowest BCUT2D eigenvalue weighted by Gasteiger charge is -2.28. The number of hydrogen-bond acceptors (Lipinski definition) is 7. The van der Waals surface area contributed by atoms with Crippen LogP contribution < -0.4 is 10.2 Å². The van der Waals surface area contributed by atoms with Gasteiger partial charge in [-0.1, -0.05) is 36.4 Å². The van der Waals surface area contributed by atoms with E-state index in [1.54, 1.807) is 12.1 Å². The largest absolute Gasteiger partial charge is 0.465 e. The van der Waals surface area contributed by atoms with Gasteiger partial charge in [0.15, 0.2) is 6.61 Å². The Bertz CT molecular complexity index is 1540. The molecule has 0 unspecified atom stereocenters. The van der Waals surface area contributed by atoms with Crippen molar-refractivity contribution in [2.75, 3.05) is 23.9 Å². The van der Waals surface area contributed by atoms with E-state index in [0.29, 0.717) is 16.9 Å². The van der Waals surface area contributed by atoms with Gasteiger partial charge < -0.3 is 14.8 Å². The maximum absolute atomic E-state index is 13.6. The molecule has 3 fully saturated rings. The number of carbonyl (C=O) groups is 5. The molecule has 9 nitrogen and oxygen atoms in total. The zero-order valence-electron chi connectivity index (χ0n) is 22.3. The number of methoxy groups -OCH3 is 1. The minimum atomic E-state index is -0.758. The van der Waals surface area contributed by atoms with E-state index in [4.69, 9.17) is 4.74 Å². The number of anilines is 2. The van der Waals surface area contributed by atoms with E-state index in [1.165, 1.54) is 54.0 Å². The van der Waals surface area contributed by atoms with Crippen LogP contribution in [0, 0.1) is 23.7 Å². The molecule has 1 N–H and O–H groups in total. The molecule has 0 aromatic heterocycles. The monoisotopic (exact) mass is 552 g/mol. The second kappa shape index (κ2) is 10.6. The van der Waals surface area contributed by atoms with Crippen LogP contribution in [-0.4, -0.2) is 43.4 Å². The summed E-state index contributed by atoms with van der Waals surface area (Å²) in [6.07, 6.45) is 1.77. The molecule has 0 radical (unpaired) electrons. The Labute approximate surface area is 236 Å². The Morgan fingerprint density at radius 2 is 1.56 bits per heavy atom. The maximum atomic E-state index is 13.6. The third kappa shape index (κ3) is 4.77. The Morgan fingerprint density at radius 3 is 2.29 bits per heavy atom. The molecule has 3 aromatic carbocycles. The normalized spacial score (nSPS) is 24.2. The van der Waals surface area contributed by atoms with Crippen molar-refractivity contribution in [2.24, 2.45) is 23.7 Å². The van der Waals surface area contributed by atoms with Crippen LogP contribution in [0.3, 0.4) is 0 Å². The number of rotatable bonds is 7. The minimum absolute atomic E-state index is 0.122. The molecule has 2 saturated carbocycles. The molecule has 9 heteroatoms. The van der Waals surface area contributed by atoms with Crippen LogP contribution >= 0.6 is 0 Å². The molecule has 2 bridgehead atoms. The van der Waals surface area contributed by atoms with E-state index in [-0.39, 0.29) is 47.0 Å². The average molecular weight is 553 g/mol. The minimum Gasteiger partial charge on any atom is -0.465 e. The highest BCUT2D eigenvalue weighted by molar-refractivity contribution is 6.23. The summed E-state index contributed by atoms with van der Waals surface area (Å²) < 4.78 is 9.83. The lowest BCUT2D eigenvalue weighted by Crippen LogP contribution is -2.33. The number of ether oxygens (including phenoxy) is 2. The fourth-order valence-electron chi connectivity index (χ4n) is 6.79. The predicted molar refractivity (Wildman–Crippen MR) is 148 cm³/mol. The van der Waals surface area contributed by atoms with Crippen LogP contribution in [0.1, 0.15) is 45.0 Å². The molecular weight excluding hydrogens is 524 g/mol. The number of carbonyl (C=O) groups excluding carboxylic acids is 5. The Hall–Kier alpha value is -4.79. The number of nitrogens with zero attached hydrogens (tertiary/aromatic N) is 1. The number of benzene rings is 3. The van der Waals surface area contributed by atoms with E-state index in [1.807, 2.05) is 18.2 Å². The summed E-state index contributed by atoms with van der Waals surface area (Å²) in [7, 11) is 1.28. The molecule has 2 aliphatic carbocycles. The van der Waals surface area contributed by atoms with Crippen molar-refractivity contribution in [1.29, 1.82) is 0 Å². The first-order valence-corrected chi connectivity index (χ1v) is 13.5. The van der Waals surface area contributed by atoms with E-state index in [2.05, 4.69) is 22.2 Å². The van der Waals surface area contributed by atoms with Gasteiger partial charge >= 0.3 is 11.9 Å². The summed E-state index contributed by atoms with van der Waals surface area (Å²) in [5, 5.41) is 2.59. The van der Waals surface area contributed by atoms with Gasteiger partial charge in [0, 0.05) is 5.69 Å². The predicted octanol–water partition coefficient (Wildman–Crippen LogP) is 4.20. The number of imide groups is 1. The van der Waals surface area contributed by atoms with Crippen molar-refractivity contribution in [3.8, 4) is 0 Å². The van der Waals surface area contributed by atoms with Crippen molar-refractivity contribution in [1.82, 2.24) is 0 Å². The average Bonchev–Trinajstić information content (AvgIpc) is 3.67. The third-order valence-electron chi connectivity index (χ3n) is 8.51. The first-order valence-electron chi connectivity index (χ1n) is 13.5. The highest BCUT2D eigenvalue weighted by Gasteiger charge is 2.64. The van der Waals surface area contributed by atoms with Gasteiger partial charge in [-0.3, -0.25) is 19.3 Å². The van der Waals surface area contributed by atoms with Crippen molar-refractivity contribution in [3.63, 3.8) is 0 Å². The van der Waals surface area contributed by atoms with Gasteiger partial charge in [0.1, 0.15) is 0 Å². The molecule has 0 spiro atoms. The van der Waals surface area contributed by atoms with Crippen LogP contribution in [0.5, 0.6) is 0 Å². The Kier molecular flexibility index (Phi) is 6.86. The van der Waals surface area contributed by atoms with Gasteiger partial charge in [-0.15, -0.1) is 0 Å². The van der Waals surface area contributed by atoms with Crippen LogP contribution in [0.2, 0.25) is 0 Å². The number of amides is 3. The van der Waals surface area contributed by atoms with Crippen molar-refractivity contribution in [2.45, 2.75) is 18.8 Å². The van der Waals surface area contributed by atoms with E-state index in [9.17, 15) is 24.0 Å². The molecule has 1 aliphatic heterocycles. The van der Waals surface area contributed by atoms with Crippen LogP contribution in [0.25, 0.3) is 0 Å². The van der Waals surface area contributed by atoms with Gasteiger partial charge in [-0.25, -0.2) is 9.59 Å². The van der Waals surface area contributed by atoms with Crippen LogP contribution in [-0.2, 0) is 23.9 Å². The fraction of sp³-hybridized carbons (Fsp3) is 0.281. The highest BCUT2D eigenvalue weighted by atomic mass is 16.5. The number of hydrogen-bond donors (Lipinski definition) is 1. The Morgan fingerprint density at radius 1 is 0.829 bits per heavy atom. The molecule has 3 aliphatic rings. The standard InChI is InChI=1S/C32H28N2O7/c1-40-31(38)19-10-12-22(13-11-19)33-26(35)17-41-32(39)20-8-5-9-23(14-20)34-29(36)27-21-15-24(18-6-3-2-4-7-18)25(16-21)28(27)30(34)37/h2-14,21,24-25,27-28H,15-17H2,1H3,(H,33,35)/t21-,24-,25+,27+,28-/m0/s1. The topological polar surface area (TPSA) is 119 Å². The number of esters is 2. The van der Waals surface area contributed by atoms with Gasteiger partial charge in [0.25, 0.3) is 5.91 Å². The van der Waals surface area contributed by atoms with Crippen molar-refractivity contribution >= 4 is 41.0 Å². The summed E-state index contributed by atoms with van der Waals surface area (Å²) in [4.78, 5) is 64.9. The van der Waals surface area contributed by atoms with Gasteiger partial charge in [-0.05, 0) is 78.6 Å². The number of nitrogens with one attached hydrogen (secondary N) is 1. The van der Waals surface area contributed by atoms with Gasteiger partial charge in [0.2, 0.25) is 11.8 Å². The molecule has 3 amide bonds. The lowest BCUT2D eigenvalue weighted by atomic mass is 9.73. The molecule has 6 rings (SSSR count). The quantitative estimate of drug-likeness (QED) is 0.345. The first-order chi connectivity index (χ1) is 19.9. The molecule has 208 valence electrons. The Balaban J connectivity index is 1.10. The number of fused-ring (bicyclic) bond motifs is 5. The molecule has 5 atom stereocenters. The van der Waals surface area contributed by atoms with Crippen molar-refractivity contribution in [3.05, 3.63) is 95.6 Å². The molecule has 1 heterocycles. The van der Waals surface area contributed by atoms with Crippen molar-refractivity contribution < 1.29 is 33.4 Å². The second-order valence-corrected chi connectivity index (χ2v) is 10.7. The van der Waals surface area contributed by atoms with Gasteiger partial charge in [-0.2, -0.15) is 0 Å². The van der Waals surface area contributed by atoms with Crippen LogP contribution in [0.4, 0.5) is 11.4 Å². The summed E-state index contributed by atoms with van der Waals surface area (Å²) in [5.41, 5.74) is 2.42. The summed E-state index contributed by atoms with van der Waals surface area (Å²) in [6, 6.07) is 22.4. The zero-order chi connectivity index (χ0) is 28.7. The molecule has 1 saturated heterocycles. The SMILES string of the molecule is COC(=O)c1ccc(NC(=O)COC(=O)c2cccc(N3C(=O)[C@@H]4[C@@H]5C[C@@H]([C@@H]4C3=O)[C@H](c3ccccc3)C5)c2)cc1. The van der Waals surface area contributed by atoms with Crippen LogP contribution in [0.15, 0.2) is 78.9 Å². The first kappa shape index (κ1) is 26.4. The van der Waals surface area contributed by atoms with Gasteiger partial charge in [0.05, 0.1) is 35.8 Å². The smallest absolute Gasteiger partial charge is 0.338 e. The molecule has 3 aromatic rings. The van der Waals surface area contributed by atoms with E-state index in [0.717, 1.165) is 12.8 Å². The fourth-order valence-corrected chi connectivity index (χ4v) is 6.79.